The Morgan fingerprint density at radius 3 is 3.06 bits per heavy atom. The lowest BCUT2D eigenvalue weighted by atomic mass is 9.95. The van der Waals surface area contributed by atoms with Crippen molar-refractivity contribution in [1.82, 2.24) is 20.3 Å². The summed E-state index contributed by atoms with van der Waals surface area (Å²) >= 11 is 0. The van der Waals surface area contributed by atoms with Crippen LogP contribution in [0.5, 0.6) is 0 Å². The van der Waals surface area contributed by atoms with E-state index in [1.54, 1.807) is 7.11 Å². The third-order valence-electron chi connectivity index (χ3n) is 3.10. The van der Waals surface area contributed by atoms with E-state index in [4.69, 9.17) is 4.74 Å². The van der Waals surface area contributed by atoms with Gasteiger partial charge in [-0.05, 0) is 38.3 Å². The van der Waals surface area contributed by atoms with Crippen LogP contribution in [0.3, 0.4) is 0 Å². The standard InChI is InChI=1S/C11H20N4O/c1-16-9-11-8-15(14-13-11)7-4-10-2-5-12-6-3-10/h8,10,12H,2-7,9H2,1H3. The molecule has 0 atom stereocenters. The van der Waals surface area contributed by atoms with E-state index in [0.29, 0.717) is 6.61 Å². The molecule has 2 rings (SSSR count). The second-order valence-electron chi connectivity index (χ2n) is 4.39. The van der Waals surface area contributed by atoms with Gasteiger partial charge >= 0.3 is 0 Å². The molecule has 5 heteroatoms. The van der Waals surface area contributed by atoms with Crippen molar-refractivity contribution in [2.24, 2.45) is 5.92 Å². The number of hydrogen-bond donors (Lipinski definition) is 1. The van der Waals surface area contributed by atoms with Crippen molar-refractivity contribution in [2.75, 3.05) is 20.2 Å². The van der Waals surface area contributed by atoms with E-state index >= 15 is 0 Å². The molecule has 16 heavy (non-hydrogen) atoms. The molecule has 0 spiro atoms. The molecular formula is C11H20N4O. The molecule has 1 fully saturated rings. The molecule has 1 N–H and O–H groups in total. The normalized spacial score (nSPS) is 17.8. The molecule has 1 aliphatic rings. The van der Waals surface area contributed by atoms with E-state index < -0.39 is 0 Å². The second kappa shape index (κ2) is 5.96. The number of nitrogens with one attached hydrogen (secondary N) is 1. The van der Waals surface area contributed by atoms with Crippen molar-refractivity contribution >= 4 is 0 Å². The Morgan fingerprint density at radius 1 is 1.50 bits per heavy atom. The smallest absolute Gasteiger partial charge is 0.108 e. The van der Waals surface area contributed by atoms with Crippen molar-refractivity contribution in [3.8, 4) is 0 Å². The zero-order valence-electron chi connectivity index (χ0n) is 9.85. The zero-order valence-corrected chi connectivity index (χ0v) is 9.85. The third-order valence-corrected chi connectivity index (χ3v) is 3.10. The van der Waals surface area contributed by atoms with Crippen molar-refractivity contribution < 1.29 is 4.74 Å². The minimum absolute atomic E-state index is 0.549. The van der Waals surface area contributed by atoms with Gasteiger partial charge in [0, 0.05) is 13.7 Å². The fourth-order valence-corrected chi connectivity index (χ4v) is 2.15. The van der Waals surface area contributed by atoms with Crippen LogP contribution in [-0.2, 0) is 17.9 Å². The van der Waals surface area contributed by atoms with E-state index in [2.05, 4.69) is 15.6 Å². The maximum Gasteiger partial charge on any atom is 0.108 e. The molecule has 5 nitrogen and oxygen atoms in total. The molecule has 0 unspecified atom stereocenters. The van der Waals surface area contributed by atoms with Crippen LogP contribution in [0.2, 0.25) is 0 Å². The Bertz CT molecular complexity index is 307. The van der Waals surface area contributed by atoms with Gasteiger partial charge in [-0.2, -0.15) is 0 Å². The summed E-state index contributed by atoms with van der Waals surface area (Å²) in [6, 6.07) is 0. The minimum Gasteiger partial charge on any atom is -0.378 e. The molecule has 0 radical (unpaired) electrons. The zero-order chi connectivity index (χ0) is 11.2. The van der Waals surface area contributed by atoms with Gasteiger partial charge in [-0.3, -0.25) is 4.68 Å². The highest BCUT2D eigenvalue weighted by Gasteiger charge is 2.12. The molecule has 1 saturated heterocycles. The number of ether oxygens (including phenoxy) is 1. The van der Waals surface area contributed by atoms with Gasteiger partial charge in [0.2, 0.25) is 0 Å². The molecule has 0 saturated carbocycles. The maximum atomic E-state index is 5.01. The quantitative estimate of drug-likeness (QED) is 0.804. The lowest BCUT2D eigenvalue weighted by Gasteiger charge is -2.22. The molecule has 0 amide bonds. The topological polar surface area (TPSA) is 52.0 Å². The Balaban J connectivity index is 1.75. The summed E-state index contributed by atoms with van der Waals surface area (Å²) in [4.78, 5) is 0. The molecule has 1 aromatic heterocycles. The van der Waals surface area contributed by atoms with E-state index in [-0.39, 0.29) is 0 Å². The first-order valence-electron chi connectivity index (χ1n) is 5.97. The highest BCUT2D eigenvalue weighted by atomic mass is 16.5. The number of piperidine rings is 1. The number of methoxy groups -OCH3 is 1. The first-order valence-corrected chi connectivity index (χ1v) is 5.97. The molecule has 0 bridgehead atoms. The van der Waals surface area contributed by atoms with Crippen molar-refractivity contribution in [1.29, 1.82) is 0 Å². The maximum absolute atomic E-state index is 5.01. The highest BCUT2D eigenvalue weighted by molar-refractivity contribution is 4.89. The Hall–Kier alpha value is -0.940. The van der Waals surface area contributed by atoms with Crippen LogP contribution in [0.1, 0.15) is 25.0 Å². The van der Waals surface area contributed by atoms with Gasteiger partial charge in [-0.25, -0.2) is 0 Å². The number of aromatic nitrogens is 3. The molecule has 2 heterocycles. The van der Waals surface area contributed by atoms with Crippen molar-refractivity contribution in [2.45, 2.75) is 32.4 Å². The number of hydrogen-bond acceptors (Lipinski definition) is 4. The number of rotatable bonds is 5. The summed E-state index contributed by atoms with van der Waals surface area (Å²) in [6.45, 7) is 3.85. The summed E-state index contributed by atoms with van der Waals surface area (Å²) in [5.74, 6) is 0.844. The van der Waals surface area contributed by atoms with Gasteiger partial charge < -0.3 is 10.1 Å². The van der Waals surface area contributed by atoms with Gasteiger partial charge in [0.1, 0.15) is 5.69 Å². The van der Waals surface area contributed by atoms with E-state index in [0.717, 1.165) is 31.2 Å². The van der Waals surface area contributed by atoms with Gasteiger partial charge in [0.25, 0.3) is 0 Å². The Labute approximate surface area is 96.2 Å². The summed E-state index contributed by atoms with van der Waals surface area (Å²) in [5, 5.41) is 11.5. The minimum atomic E-state index is 0.549. The second-order valence-corrected chi connectivity index (χ2v) is 4.39. The first-order chi connectivity index (χ1) is 7.88. The average molecular weight is 224 g/mol. The van der Waals surface area contributed by atoms with E-state index in [1.165, 1.54) is 19.3 Å². The van der Waals surface area contributed by atoms with Gasteiger partial charge in [-0.15, -0.1) is 5.10 Å². The lowest BCUT2D eigenvalue weighted by molar-refractivity contribution is 0.181. The van der Waals surface area contributed by atoms with E-state index in [9.17, 15) is 0 Å². The van der Waals surface area contributed by atoms with Crippen LogP contribution < -0.4 is 5.32 Å². The van der Waals surface area contributed by atoms with Gasteiger partial charge in [0.15, 0.2) is 0 Å². The SMILES string of the molecule is COCc1cn(CCC2CCNCC2)nn1. The van der Waals surface area contributed by atoms with Crippen molar-refractivity contribution in [3.05, 3.63) is 11.9 Å². The highest BCUT2D eigenvalue weighted by Crippen LogP contribution is 2.16. The fraction of sp³-hybridized carbons (Fsp3) is 0.818. The Morgan fingerprint density at radius 2 is 2.31 bits per heavy atom. The average Bonchev–Trinajstić information content (AvgIpc) is 2.76. The molecule has 0 aromatic carbocycles. The third kappa shape index (κ3) is 3.28. The van der Waals surface area contributed by atoms with Crippen LogP contribution in [0.4, 0.5) is 0 Å². The predicted molar refractivity (Wildman–Crippen MR) is 60.9 cm³/mol. The first kappa shape index (κ1) is 11.5. The van der Waals surface area contributed by atoms with Crippen LogP contribution in [-0.4, -0.2) is 35.2 Å². The van der Waals surface area contributed by atoms with Crippen molar-refractivity contribution in [3.63, 3.8) is 0 Å². The Kier molecular flexibility index (Phi) is 4.30. The van der Waals surface area contributed by atoms with Crippen LogP contribution in [0.15, 0.2) is 6.20 Å². The molecule has 0 aliphatic carbocycles. The summed E-state index contributed by atoms with van der Waals surface area (Å²) in [7, 11) is 1.67. The van der Waals surface area contributed by atoms with Crippen LogP contribution in [0, 0.1) is 5.92 Å². The fourth-order valence-electron chi connectivity index (χ4n) is 2.15. The lowest BCUT2D eigenvalue weighted by Crippen LogP contribution is -2.28. The molecular weight excluding hydrogens is 204 g/mol. The number of nitrogens with zero attached hydrogens (tertiary/aromatic N) is 3. The van der Waals surface area contributed by atoms with Crippen LogP contribution in [0.25, 0.3) is 0 Å². The molecule has 1 aromatic rings. The predicted octanol–water partition coefficient (Wildman–Crippen LogP) is 0.814. The van der Waals surface area contributed by atoms with E-state index in [1.807, 2.05) is 10.9 Å². The molecule has 1 aliphatic heterocycles. The summed E-state index contributed by atoms with van der Waals surface area (Å²) in [5.41, 5.74) is 0.910. The number of aryl methyl sites for hydroxylation is 1. The summed E-state index contributed by atoms with van der Waals surface area (Å²) in [6.07, 6.45) is 5.77. The monoisotopic (exact) mass is 224 g/mol. The molecule has 90 valence electrons. The largest absolute Gasteiger partial charge is 0.378 e. The van der Waals surface area contributed by atoms with Gasteiger partial charge in [-0.1, -0.05) is 5.21 Å². The van der Waals surface area contributed by atoms with Gasteiger partial charge in [0.05, 0.1) is 12.8 Å². The van der Waals surface area contributed by atoms with Crippen LogP contribution >= 0.6 is 0 Å². The summed E-state index contributed by atoms with van der Waals surface area (Å²) < 4.78 is 6.94.